The Kier molecular flexibility index (Phi) is 4.43. The van der Waals surface area contributed by atoms with E-state index in [0.29, 0.717) is 9.88 Å². The second-order valence-corrected chi connectivity index (χ2v) is 6.76. The molecule has 0 unspecified atom stereocenters. The Balaban J connectivity index is 1.60. The lowest BCUT2D eigenvalue weighted by atomic mass is 10.1. The van der Waals surface area contributed by atoms with Crippen LogP contribution in [0.5, 0.6) is 0 Å². The van der Waals surface area contributed by atoms with Crippen LogP contribution in [0, 0.1) is 11.7 Å². The largest absolute Gasteiger partial charge is 0.345 e. The molecule has 3 rings (SSSR count). The summed E-state index contributed by atoms with van der Waals surface area (Å²) in [5.41, 5.74) is 0.832. The molecule has 1 aliphatic rings. The summed E-state index contributed by atoms with van der Waals surface area (Å²) in [5.74, 6) is -0.355. The molecule has 1 heterocycles. The normalized spacial score (nSPS) is 15.0. The smallest absolute Gasteiger partial charge is 0.261 e. The third-order valence-electron chi connectivity index (χ3n) is 3.74. The molecule has 4 nitrogen and oxygen atoms in total. The van der Waals surface area contributed by atoms with Gasteiger partial charge in [0.2, 0.25) is 5.91 Å². The molecule has 1 aromatic carbocycles. The number of anilines is 1. The van der Waals surface area contributed by atoms with Crippen molar-refractivity contribution in [1.29, 1.82) is 0 Å². The number of hydrogen-bond acceptors (Lipinski definition) is 3. The summed E-state index contributed by atoms with van der Waals surface area (Å²) < 4.78 is 12.9. The van der Waals surface area contributed by atoms with Crippen molar-refractivity contribution in [3.8, 4) is 0 Å². The van der Waals surface area contributed by atoms with Gasteiger partial charge in [-0.2, -0.15) is 0 Å². The highest BCUT2D eigenvalue weighted by Gasteiger charge is 2.29. The molecule has 0 saturated heterocycles. The Bertz CT molecular complexity index is 722. The number of benzene rings is 1. The zero-order valence-electron chi connectivity index (χ0n) is 12.6. The summed E-state index contributed by atoms with van der Waals surface area (Å²) in [4.78, 5) is 24.5. The fourth-order valence-electron chi connectivity index (χ4n) is 2.20. The molecule has 23 heavy (non-hydrogen) atoms. The van der Waals surface area contributed by atoms with Gasteiger partial charge in [-0.25, -0.2) is 4.39 Å². The van der Waals surface area contributed by atoms with Gasteiger partial charge in [0.25, 0.3) is 5.91 Å². The Morgan fingerprint density at radius 3 is 2.52 bits per heavy atom. The molecule has 0 spiro atoms. The molecule has 1 fully saturated rings. The van der Waals surface area contributed by atoms with Crippen LogP contribution in [0.1, 0.15) is 41.0 Å². The van der Waals surface area contributed by atoms with Crippen LogP contribution in [-0.2, 0) is 4.79 Å². The molecular formula is C17H17FN2O2S. The number of rotatable bonds is 5. The summed E-state index contributed by atoms with van der Waals surface area (Å²) in [7, 11) is 0. The third-order valence-corrected chi connectivity index (χ3v) is 4.74. The van der Waals surface area contributed by atoms with Crippen molar-refractivity contribution < 1.29 is 14.0 Å². The monoisotopic (exact) mass is 332 g/mol. The van der Waals surface area contributed by atoms with E-state index in [4.69, 9.17) is 0 Å². The first-order valence-electron chi connectivity index (χ1n) is 7.50. The zero-order valence-corrected chi connectivity index (χ0v) is 13.5. The van der Waals surface area contributed by atoms with E-state index in [2.05, 4.69) is 10.6 Å². The highest BCUT2D eigenvalue weighted by atomic mass is 32.1. The average Bonchev–Trinajstić information content (AvgIpc) is 3.28. The number of nitrogens with one attached hydrogen (secondary N) is 2. The number of carbonyl (C=O) groups is 2. The van der Waals surface area contributed by atoms with Gasteiger partial charge in [-0.1, -0.05) is 12.1 Å². The number of thiophene rings is 1. The van der Waals surface area contributed by atoms with Gasteiger partial charge in [-0.3, -0.25) is 9.59 Å². The maximum atomic E-state index is 12.9. The van der Waals surface area contributed by atoms with Crippen molar-refractivity contribution >= 4 is 28.2 Å². The van der Waals surface area contributed by atoms with Gasteiger partial charge in [0.05, 0.1) is 15.9 Å². The molecule has 6 heteroatoms. The van der Waals surface area contributed by atoms with E-state index in [-0.39, 0.29) is 29.6 Å². The minimum Gasteiger partial charge on any atom is -0.345 e. The van der Waals surface area contributed by atoms with E-state index < -0.39 is 0 Å². The van der Waals surface area contributed by atoms with E-state index in [1.807, 2.05) is 6.92 Å². The van der Waals surface area contributed by atoms with Crippen molar-refractivity contribution in [1.82, 2.24) is 5.32 Å². The van der Waals surface area contributed by atoms with Crippen LogP contribution in [-0.4, -0.2) is 11.8 Å². The predicted octanol–water partition coefficient (Wildman–Crippen LogP) is 3.73. The van der Waals surface area contributed by atoms with Crippen LogP contribution in [0.25, 0.3) is 0 Å². The molecule has 2 amide bonds. The van der Waals surface area contributed by atoms with Gasteiger partial charge in [0.15, 0.2) is 0 Å². The fraction of sp³-hybridized carbons (Fsp3) is 0.294. The van der Waals surface area contributed by atoms with Crippen molar-refractivity contribution in [2.24, 2.45) is 5.92 Å². The van der Waals surface area contributed by atoms with E-state index >= 15 is 0 Å². The SMILES string of the molecule is C[C@@H](NC(=O)c1ccc(NC(=O)C2CC2)s1)c1ccc(F)cc1. The quantitative estimate of drug-likeness (QED) is 0.876. The van der Waals surface area contributed by atoms with Crippen LogP contribution in [0.15, 0.2) is 36.4 Å². The topological polar surface area (TPSA) is 58.2 Å². The molecule has 2 aromatic rings. The molecule has 0 bridgehead atoms. The summed E-state index contributed by atoms with van der Waals surface area (Å²) >= 11 is 1.25. The zero-order chi connectivity index (χ0) is 16.4. The highest BCUT2D eigenvalue weighted by Crippen LogP contribution is 2.31. The minimum absolute atomic E-state index is 0.0264. The first-order chi connectivity index (χ1) is 11.0. The number of halogens is 1. The van der Waals surface area contributed by atoms with Gasteiger partial charge < -0.3 is 10.6 Å². The molecule has 0 radical (unpaired) electrons. The van der Waals surface area contributed by atoms with Crippen molar-refractivity contribution in [3.63, 3.8) is 0 Å². The summed E-state index contributed by atoms with van der Waals surface area (Å²) in [6.07, 6.45) is 1.89. The lowest BCUT2D eigenvalue weighted by molar-refractivity contribution is -0.117. The van der Waals surface area contributed by atoms with Crippen LogP contribution >= 0.6 is 11.3 Å². The van der Waals surface area contributed by atoms with Gasteiger partial charge in [0, 0.05) is 5.92 Å². The third kappa shape index (κ3) is 3.96. The summed E-state index contributed by atoms with van der Waals surface area (Å²) in [6.45, 7) is 1.84. The number of hydrogen-bond donors (Lipinski definition) is 2. The molecule has 1 aromatic heterocycles. The van der Waals surface area contributed by atoms with Gasteiger partial charge in [-0.15, -0.1) is 11.3 Å². The second kappa shape index (κ2) is 6.50. The van der Waals surface area contributed by atoms with Gasteiger partial charge >= 0.3 is 0 Å². The minimum atomic E-state index is -0.304. The number of carbonyl (C=O) groups excluding carboxylic acids is 2. The summed E-state index contributed by atoms with van der Waals surface area (Å²) in [6, 6.07) is 9.24. The Morgan fingerprint density at radius 1 is 1.17 bits per heavy atom. The highest BCUT2D eigenvalue weighted by molar-refractivity contribution is 7.18. The lowest BCUT2D eigenvalue weighted by Crippen LogP contribution is -2.25. The van der Waals surface area contributed by atoms with Gasteiger partial charge in [-0.05, 0) is 49.6 Å². The first-order valence-corrected chi connectivity index (χ1v) is 8.31. The first kappa shape index (κ1) is 15.7. The van der Waals surface area contributed by atoms with Crippen molar-refractivity contribution in [2.75, 3.05) is 5.32 Å². The molecule has 1 atom stereocenters. The molecule has 1 saturated carbocycles. The van der Waals surface area contributed by atoms with E-state index in [1.165, 1.54) is 23.5 Å². The molecule has 0 aliphatic heterocycles. The fourth-order valence-corrected chi connectivity index (χ4v) is 3.01. The van der Waals surface area contributed by atoms with Crippen molar-refractivity contribution in [2.45, 2.75) is 25.8 Å². The standard InChI is InChI=1S/C17H17FN2O2S/c1-10(11-4-6-13(18)7-5-11)19-17(22)14-8-9-15(23-14)20-16(21)12-2-3-12/h4-10,12H,2-3H2,1H3,(H,19,22)(H,20,21)/t10-/m1/s1. The Labute approximate surface area is 137 Å². The predicted molar refractivity (Wildman–Crippen MR) is 88.0 cm³/mol. The Morgan fingerprint density at radius 2 is 1.87 bits per heavy atom. The summed E-state index contributed by atoms with van der Waals surface area (Å²) in [5, 5.41) is 6.38. The molecule has 120 valence electrons. The van der Waals surface area contributed by atoms with Crippen LogP contribution in [0.3, 0.4) is 0 Å². The Hall–Kier alpha value is -2.21. The molecular weight excluding hydrogens is 315 g/mol. The molecule has 2 N–H and O–H groups in total. The lowest BCUT2D eigenvalue weighted by Gasteiger charge is -2.13. The van der Waals surface area contributed by atoms with Gasteiger partial charge in [0.1, 0.15) is 5.82 Å². The maximum Gasteiger partial charge on any atom is 0.261 e. The second-order valence-electron chi connectivity index (χ2n) is 5.67. The van der Waals surface area contributed by atoms with Crippen molar-refractivity contribution in [3.05, 3.63) is 52.7 Å². The van der Waals surface area contributed by atoms with E-state index in [9.17, 15) is 14.0 Å². The maximum absolute atomic E-state index is 12.9. The average molecular weight is 332 g/mol. The van der Waals surface area contributed by atoms with Crippen LogP contribution in [0.2, 0.25) is 0 Å². The van der Waals surface area contributed by atoms with Crippen LogP contribution < -0.4 is 10.6 Å². The molecule has 1 aliphatic carbocycles. The number of amides is 2. The van der Waals surface area contributed by atoms with E-state index in [1.54, 1.807) is 24.3 Å². The van der Waals surface area contributed by atoms with E-state index in [0.717, 1.165) is 18.4 Å². The van der Waals surface area contributed by atoms with Crippen LogP contribution in [0.4, 0.5) is 9.39 Å².